The standard InChI is InChI=1S/C15H13BrN2O3/c1-2-9-8-10(16)6-7-11(9)18-14(19)12-4-3-5-13(17-12)15(20)21/h3-8H,2H2,1H3,(H,18,19)(H,20,21). The number of carboxylic acid groups (broad SMARTS) is 1. The van der Waals surface area contributed by atoms with Gasteiger partial charge < -0.3 is 10.4 Å². The lowest BCUT2D eigenvalue weighted by Crippen LogP contribution is -2.16. The van der Waals surface area contributed by atoms with Crippen molar-refractivity contribution in [2.24, 2.45) is 0 Å². The molecular formula is C15H13BrN2O3. The van der Waals surface area contributed by atoms with E-state index in [1.54, 1.807) is 6.07 Å². The van der Waals surface area contributed by atoms with E-state index in [1.807, 2.05) is 19.1 Å². The number of amides is 1. The molecule has 1 heterocycles. The molecule has 2 aromatic rings. The molecule has 6 heteroatoms. The van der Waals surface area contributed by atoms with Crippen LogP contribution in [-0.2, 0) is 6.42 Å². The summed E-state index contributed by atoms with van der Waals surface area (Å²) in [5.74, 6) is -1.60. The Morgan fingerprint density at radius 2 is 1.95 bits per heavy atom. The van der Waals surface area contributed by atoms with Crippen molar-refractivity contribution in [2.45, 2.75) is 13.3 Å². The summed E-state index contributed by atoms with van der Waals surface area (Å²) < 4.78 is 0.934. The van der Waals surface area contributed by atoms with Crippen molar-refractivity contribution < 1.29 is 14.7 Å². The molecule has 0 bridgehead atoms. The number of carbonyl (C=O) groups is 2. The summed E-state index contributed by atoms with van der Waals surface area (Å²) in [5.41, 5.74) is 1.58. The third-order valence-corrected chi connectivity index (χ3v) is 3.39. The maximum atomic E-state index is 12.2. The fourth-order valence-corrected chi connectivity index (χ4v) is 2.25. The number of rotatable bonds is 4. The first-order valence-corrected chi connectivity index (χ1v) is 7.10. The summed E-state index contributed by atoms with van der Waals surface area (Å²) in [5, 5.41) is 11.6. The van der Waals surface area contributed by atoms with Gasteiger partial charge in [-0.05, 0) is 42.3 Å². The second kappa shape index (κ2) is 6.49. The molecule has 0 aliphatic carbocycles. The van der Waals surface area contributed by atoms with Gasteiger partial charge in [-0.25, -0.2) is 9.78 Å². The van der Waals surface area contributed by atoms with Gasteiger partial charge in [-0.3, -0.25) is 4.79 Å². The topological polar surface area (TPSA) is 79.3 Å². The highest BCUT2D eigenvalue weighted by atomic mass is 79.9. The highest BCUT2D eigenvalue weighted by Gasteiger charge is 2.13. The van der Waals surface area contributed by atoms with Gasteiger partial charge in [-0.2, -0.15) is 0 Å². The molecule has 2 rings (SSSR count). The van der Waals surface area contributed by atoms with Crippen LogP contribution in [0, 0.1) is 0 Å². The number of benzene rings is 1. The van der Waals surface area contributed by atoms with E-state index in [1.165, 1.54) is 18.2 Å². The smallest absolute Gasteiger partial charge is 0.354 e. The summed E-state index contributed by atoms with van der Waals surface area (Å²) in [7, 11) is 0. The number of nitrogens with one attached hydrogen (secondary N) is 1. The van der Waals surface area contributed by atoms with E-state index in [-0.39, 0.29) is 11.4 Å². The van der Waals surface area contributed by atoms with E-state index in [0.29, 0.717) is 5.69 Å². The van der Waals surface area contributed by atoms with Gasteiger partial charge in [0.2, 0.25) is 0 Å². The zero-order valence-corrected chi connectivity index (χ0v) is 12.8. The van der Waals surface area contributed by atoms with Gasteiger partial charge in [0.15, 0.2) is 0 Å². The maximum absolute atomic E-state index is 12.2. The van der Waals surface area contributed by atoms with Crippen LogP contribution in [0.4, 0.5) is 5.69 Å². The Hall–Kier alpha value is -2.21. The zero-order valence-electron chi connectivity index (χ0n) is 11.3. The molecule has 21 heavy (non-hydrogen) atoms. The summed E-state index contributed by atoms with van der Waals surface area (Å²) in [6.45, 7) is 1.99. The molecule has 0 fully saturated rings. The van der Waals surface area contributed by atoms with Crippen molar-refractivity contribution in [3.8, 4) is 0 Å². The number of aromatic nitrogens is 1. The molecule has 0 saturated carbocycles. The van der Waals surface area contributed by atoms with Gasteiger partial charge in [0.25, 0.3) is 5.91 Å². The van der Waals surface area contributed by atoms with Crippen LogP contribution in [0.15, 0.2) is 40.9 Å². The molecule has 0 radical (unpaired) electrons. The van der Waals surface area contributed by atoms with E-state index in [4.69, 9.17) is 5.11 Å². The normalized spacial score (nSPS) is 10.2. The van der Waals surface area contributed by atoms with Crippen LogP contribution >= 0.6 is 15.9 Å². The molecule has 0 atom stereocenters. The predicted molar refractivity (Wildman–Crippen MR) is 82.7 cm³/mol. The first-order valence-electron chi connectivity index (χ1n) is 6.31. The Kier molecular flexibility index (Phi) is 4.70. The minimum atomic E-state index is -1.16. The molecule has 0 unspecified atom stereocenters. The van der Waals surface area contributed by atoms with Crippen molar-refractivity contribution in [1.82, 2.24) is 4.98 Å². The number of anilines is 1. The number of halogens is 1. The van der Waals surface area contributed by atoms with Gasteiger partial charge in [-0.1, -0.05) is 28.9 Å². The summed E-state index contributed by atoms with van der Waals surface area (Å²) in [6.07, 6.45) is 0.762. The highest BCUT2D eigenvalue weighted by molar-refractivity contribution is 9.10. The predicted octanol–water partition coefficient (Wildman–Crippen LogP) is 3.36. The fraction of sp³-hybridized carbons (Fsp3) is 0.133. The van der Waals surface area contributed by atoms with Crippen molar-refractivity contribution >= 4 is 33.5 Å². The molecule has 1 amide bonds. The van der Waals surface area contributed by atoms with E-state index >= 15 is 0 Å². The van der Waals surface area contributed by atoms with Crippen LogP contribution < -0.4 is 5.32 Å². The summed E-state index contributed by atoms with van der Waals surface area (Å²) >= 11 is 3.38. The van der Waals surface area contributed by atoms with Crippen molar-refractivity contribution in [3.05, 3.63) is 57.8 Å². The molecule has 0 aliphatic rings. The quantitative estimate of drug-likeness (QED) is 0.887. The van der Waals surface area contributed by atoms with E-state index in [0.717, 1.165) is 16.5 Å². The third kappa shape index (κ3) is 3.66. The van der Waals surface area contributed by atoms with Crippen molar-refractivity contribution in [3.63, 3.8) is 0 Å². The monoisotopic (exact) mass is 348 g/mol. The Bertz CT molecular complexity index is 701. The van der Waals surface area contributed by atoms with Crippen molar-refractivity contribution in [1.29, 1.82) is 0 Å². The SMILES string of the molecule is CCc1cc(Br)ccc1NC(=O)c1cccc(C(=O)O)n1. The minimum Gasteiger partial charge on any atom is -0.477 e. The van der Waals surface area contributed by atoms with Gasteiger partial charge in [0, 0.05) is 10.2 Å². The lowest BCUT2D eigenvalue weighted by atomic mass is 10.1. The average Bonchev–Trinajstić information content (AvgIpc) is 2.49. The Morgan fingerprint density at radius 1 is 1.24 bits per heavy atom. The number of aryl methyl sites for hydroxylation is 1. The number of pyridine rings is 1. The summed E-state index contributed by atoms with van der Waals surface area (Å²) in [4.78, 5) is 26.9. The first-order chi connectivity index (χ1) is 10.0. The molecular weight excluding hydrogens is 336 g/mol. The lowest BCUT2D eigenvalue weighted by molar-refractivity contribution is 0.0690. The van der Waals surface area contributed by atoms with Crippen LogP contribution in [0.3, 0.4) is 0 Å². The molecule has 0 aliphatic heterocycles. The van der Waals surface area contributed by atoms with Gasteiger partial charge >= 0.3 is 5.97 Å². The molecule has 108 valence electrons. The third-order valence-electron chi connectivity index (χ3n) is 2.90. The lowest BCUT2D eigenvalue weighted by Gasteiger charge is -2.10. The number of carboxylic acids is 1. The number of carbonyl (C=O) groups excluding carboxylic acids is 1. The van der Waals surface area contributed by atoms with Crippen LogP contribution in [-0.4, -0.2) is 22.0 Å². The van der Waals surface area contributed by atoms with Crippen LogP contribution in [0.5, 0.6) is 0 Å². The first kappa shape index (κ1) is 15.2. The van der Waals surface area contributed by atoms with E-state index in [2.05, 4.69) is 26.2 Å². The minimum absolute atomic E-state index is 0.0693. The molecule has 0 saturated heterocycles. The van der Waals surface area contributed by atoms with E-state index < -0.39 is 11.9 Å². The van der Waals surface area contributed by atoms with Gasteiger partial charge in [0.05, 0.1) is 0 Å². The van der Waals surface area contributed by atoms with E-state index in [9.17, 15) is 9.59 Å². The molecule has 1 aromatic heterocycles. The van der Waals surface area contributed by atoms with Crippen LogP contribution in [0.2, 0.25) is 0 Å². The number of hydrogen-bond acceptors (Lipinski definition) is 3. The highest BCUT2D eigenvalue weighted by Crippen LogP contribution is 2.22. The summed E-state index contributed by atoms with van der Waals surface area (Å²) in [6, 6.07) is 9.87. The van der Waals surface area contributed by atoms with Crippen LogP contribution in [0.25, 0.3) is 0 Å². The Balaban J connectivity index is 2.26. The van der Waals surface area contributed by atoms with Gasteiger partial charge in [-0.15, -0.1) is 0 Å². The van der Waals surface area contributed by atoms with Crippen molar-refractivity contribution in [2.75, 3.05) is 5.32 Å². The average molecular weight is 349 g/mol. The number of aromatic carboxylic acids is 1. The zero-order chi connectivity index (χ0) is 15.4. The molecule has 2 N–H and O–H groups in total. The molecule has 1 aromatic carbocycles. The maximum Gasteiger partial charge on any atom is 0.354 e. The second-order valence-corrected chi connectivity index (χ2v) is 5.24. The van der Waals surface area contributed by atoms with Crippen LogP contribution in [0.1, 0.15) is 33.5 Å². The molecule has 5 nitrogen and oxygen atoms in total. The number of nitrogens with zero attached hydrogens (tertiary/aromatic N) is 1. The van der Waals surface area contributed by atoms with Gasteiger partial charge in [0.1, 0.15) is 11.4 Å². The Labute approximate surface area is 130 Å². The Morgan fingerprint density at radius 3 is 2.62 bits per heavy atom. The molecule has 0 spiro atoms. The second-order valence-electron chi connectivity index (χ2n) is 4.32. The fourth-order valence-electron chi connectivity index (χ4n) is 1.84. The number of hydrogen-bond donors (Lipinski definition) is 2. The largest absolute Gasteiger partial charge is 0.477 e.